The van der Waals surface area contributed by atoms with Gasteiger partial charge in [-0.3, -0.25) is 0 Å². The molecule has 3 nitrogen and oxygen atoms in total. The van der Waals surface area contributed by atoms with Crippen molar-refractivity contribution >= 4 is 58.8 Å². The van der Waals surface area contributed by atoms with Crippen molar-refractivity contribution in [1.29, 1.82) is 0 Å². The summed E-state index contributed by atoms with van der Waals surface area (Å²) in [5.41, 5.74) is 0. The van der Waals surface area contributed by atoms with Crippen molar-refractivity contribution in [3.8, 4) is 0 Å². The zero-order chi connectivity index (χ0) is 7.15. The Hall–Kier alpha value is 1.89. The fourth-order valence-electron chi connectivity index (χ4n) is 0. The van der Waals surface area contributed by atoms with Gasteiger partial charge < -0.3 is 0 Å². The van der Waals surface area contributed by atoms with Crippen LogP contribution in [-0.2, 0) is 4.57 Å². The van der Waals surface area contributed by atoms with E-state index in [0.717, 1.165) is 0 Å². The van der Waals surface area contributed by atoms with Gasteiger partial charge >= 0.3 is 8.25 Å². The molecule has 0 aliphatic carbocycles. The Morgan fingerprint density at radius 2 is 1.25 bits per heavy atom. The molecule has 0 unspecified atom stereocenters. The Kier molecular flexibility index (Phi) is 14.0. The summed E-state index contributed by atoms with van der Waals surface area (Å²) in [5, 5.41) is 0. The molecular formula is H2Br3O3P2+. The van der Waals surface area contributed by atoms with Gasteiger partial charge in [0.1, 0.15) is 4.03 Å². The van der Waals surface area contributed by atoms with Gasteiger partial charge in [-0.1, -0.05) is 0 Å². The molecule has 0 spiro atoms. The molecule has 0 amide bonds. The first kappa shape index (κ1) is 12.6. The van der Waals surface area contributed by atoms with E-state index in [1.807, 2.05) is 0 Å². The van der Waals surface area contributed by atoms with Gasteiger partial charge in [-0.25, -0.2) is 0 Å². The molecule has 0 saturated carbocycles. The molecule has 0 heterocycles. The third-order valence-corrected chi connectivity index (χ3v) is 0. The van der Waals surface area contributed by atoms with Crippen LogP contribution in [0.15, 0.2) is 0 Å². The minimum absolute atomic E-state index is 0.183. The molecule has 8 heteroatoms. The number of rotatable bonds is 0. The van der Waals surface area contributed by atoms with Gasteiger partial charge in [0.2, 0.25) is 0 Å². The van der Waals surface area contributed by atoms with Crippen LogP contribution >= 0.6 is 58.8 Å². The highest BCUT2D eigenvalue weighted by atomic mass is 80.0. The van der Waals surface area contributed by atoms with Gasteiger partial charge in [0.25, 0.3) is 0 Å². The Balaban J connectivity index is 0. The van der Waals surface area contributed by atoms with Crippen LogP contribution in [0.3, 0.4) is 0 Å². The largest absolute Gasteiger partial charge is 0.692 e. The summed E-state index contributed by atoms with van der Waals surface area (Å²) in [7, 11) is -2.87. The van der Waals surface area contributed by atoms with Crippen LogP contribution in [0.5, 0.6) is 0 Å². The average molecular weight is 352 g/mol. The van der Waals surface area contributed by atoms with Crippen LogP contribution < -0.4 is 0 Å². The topological polar surface area (TPSA) is 57.5 Å². The van der Waals surface area contributed by atoms with Crippen LogP contribution in [0.1, 0.15) is 0 Å². The van der Waals surface area contributed by atoms with Crippen LogP contribution in [0.2, 0.25) is 0 Å². The molecule has 50 valence electrons. The van der Waals surface area contributed by atoms with Crippen molar-refractivity contribution in [3.05, 3.63) is 0 Å². The van der Waals surface area contributed by atoms with Gasteiger partial charge in [-0.2, -0.15) is 0 Å². The molecule has 0 aromatic carbocycles. The summed E-state index contributed by atoms with van der Waals surface area (Å²) in [5.74, 6) is 0. The van der Waals surface area contributed by atoms with Crippen molar-refractivity contribution in [2.75, 3.05) is 0 Å². The van der Waals surface area contributed by atoms with E-state index >= 15 is 0 Å². The predicted molar refractivity (Wildman–Crippen MR) is 45.7 cm³/mol. The van der Waals surface area contributed by atoms with Crippen molar-refractivity contribution in [1.82, 2.24) is 0 Å². The number of hydrogen-bond donors (Lipinski definition) is 2. The molecule has 0 radical (unpaired) electrons. The summed E-state index contributed by atoms with van der Waals surface area (Å²) < 4.78 is 8.52. The highest BCUT2D eigenvalue weighted by Crippen LogP contribution is 2.59. The lowest BCUT2D eigenvalue weighted by Gasteiger charge is -1.70. The van der Waals surface area contributed by atoms with Crippen LogP contribution in [0, 0.1) is 0 Å². The molecule has 0 bridgehead atoms. The van der Waals surface area contributed by atoms with E-state index in [9.17, 15) is 0 Å². The van der Waals surface area contributed by atoms with Crippen LogP contribution in [0.4, 0.5) is 0 Å². The summed E-state index contributed by atoms with van der Waals surface area (Å²) in [4.78, 5) is 14.2. The molecule has 0 aliphatic rings. The Labute approximate surface area is 72.8 Å². The average Bonchev–Trinajstić information content (AvgIpc) is 1.25. The second-order valence-corrected chi connectivity index (χ2v) is 16.3. The van der Waals surface area contributed by atoms with Crippen LogP contribution in [0.25, 0.3) is 0 Å². The van der Waals surface area contributed by atoms with E-state index in [1.165, 1.54) is 0 Å². The SMILES string of the molecule is BrP(Br)Br.O=[P+](O)O. The third kappa shape index (κ3) is 105. The quantitative estimate of drug-likeness (QED) is 0.660. The Morgan fingerprint density at radius 1 is 1.25 bits per heavy atom. The summed E-state index contributed by atoms with van der Waals surface area (Å²) in [6.45, 7) is 0. The predicted octanol–water partition coefficient (Wildman–Crippen LogP) is 3.03. The maximum Gasteiger partial charge on any atom is 0.692 e. The van der Waals surface area contributed by atoms with Gasteiger partial charge in [0.15, 0.2) is 0 Å². The molecule has 0 atom stereocenters. The van der Waals surface area contributed by atoms with Gasteiger partial charge in [0.05, 0.1) is 0 Å². The molecule has 0 saturated heterocycles. The third-order valence-electron chi connectivity index (χ3n) is 0. The maximum atomic E-state index is 8.70. The monoisotopic (exact) mass is 349 g/mol. The molecule has 0 aromatic heterocycles. The van der Waals surface area contributed by atoms with Crippen molar-refractivity contribution in [2.45, 2.75) is 0 Å². The van der Waals surface area contributed by atoms with Crippen molar-refractivity contribution in [3.63, 3.8) is 0 Å². The lowest BCUT2D eigenvalue weighted by atomic mass is 15.8. The first-order valence-electron chi connectivity index (χ1n) is 1.09. The minimum atomic E-state index is -2.87. The van der Waals surface area contributed by atoms with E-state index in [2.05, 4.69) is 46.5 Å². The zero-order valence-corrected chi connectivity index (χ0v) is 9.88. The lowest BCUT2D eigenvalue weighted by Crippen LogP contribution is -1.38. The van der Waals surface area contributed by atoms with Gasteiger partial charge in [-0.05, 0) is 46.5 Å². The van der Waals surface area contributed by atoms with E-state index in [-0.39, 0.29) is 4.03 Å². The van der Waals surface area contributed by atoms with Crippen LogP contribution in [-0.4, -0.2) is 9.79 Å². The van der Waals surface area contributed by atoms with E-state index < -0.39 is 8.25 Å². The molecule has 0 aliphatic heterocycles. The normalized spacial score (nSPS) is 7.75. The van der Waals surface area contributed by atoms with E-state index in [1.54, 1.807) is 0 Å². The minimum Gasteiger partial charge on any atom is -0.134 e. The second-order valence-electron chi connectivity index (χ2n) is 0.444. The molecule has 0 aromatic rings. The lowest BCUT2D eigenvalue weighted by molar-refractivity contribution is 0.405. The van der Waals surface area contributed by atoms with Gasteiger partial charge in [-0.15, -0.1) is 9.79 Å². The smallest absolute Gasteiger partial charge is 0.134 e. The molecular weight excluding hydrogens is 350 g/mol. The Morgan fingerprint density at radius 3 is 1.25 bits per heavy atom. The fraction of sp³-hybridized carbons (Fsp3) is 0. The molecule has 8 heavy (non-hydrogen) atoms. The summed E-state index contributed by atoms with van der Waals surface area (Å²) in [6, 6.07) is 0. The number of halogens is 3. The first-order chi connectivity index (χ1) is 3.46. The van der Waals surface area contributed by atoms with E-state index in [0.29, 0.717) is 0 Å². The molecule has 2 N–H and O–H groups in total. The highest BCUT2D eigenvalue weighted by Gasteiger charge is 1.93. The van der Waals surface area contributed by atoms with E-state index in [4.69, 9.17) is 14.4 Å². The number of hydrogen-bond acceptors (Lipinski definition) is 1. The standard InChI is InChI=1S/Br3P.HO3P/c2*1-4(2)3/h;(H-,1,2,3)/p+1. The summed E-state index contributed by atoms with van der Waals surface area (Å²) in [6.07, 6.45) is 0. The summed E-state index contributed by atoms with van der Waals surface area (Å²) >= 11 is 9.51. The van der Waals surface area contributed by atoms with Crippen molar-refractivity contribution < 1.29 is 14.4 Å². The first-order valence-corrected chi connectivity index (χ1v) is 9.65. The zero-order valence-electron chi connectivity index (χ0n) is 3.33. The van der Waals surface area contributed by atoms with Crippen molar-refractivity contribution in [2.24, 2.45) is 0 Å². The maximum absolute atomic E-state index is 8.70. The second kappa shape index (κ2) is 8.89. The fourth-order valence-corrected chi connectivity index (χ4v) is 0. The molecule has 0 rings (SSSR count). The Bertz CT molecular complexity index is 56.8. The highest BCUT2D eigenvalue weighted by molar-refractivity contribution is 9.93. The van der Waals surface area contributed by atoms with Gasteiger partial charge in [0, 0.05) is 4.57 Å². The molecule has 0 fully saturated rings.